The van der Waals surface area contributed by atoms with Crippen LogP contribution >= 0.6 is 0 Å². The van der Waals surface area contributed by atoms with E-state index in [1.807, 2.05) is 62.1 Å². The highest BCUT2D eigenvalue weighted by molar-refractivity contribution is 6.05. The molecule has 0 radical (unpaired) electrons. The zero-order valence-electron chi connectivity index (χ0n) is 16.6. The fraction of sp³-hybridized carbons (Fsp3) is 0.364. The Bertz CT molecular complexity index is 828. The number of anilines is 2. The van der Waals surface area contributed by atoms with Gasteiger partial charge in [0.25, 0.3) is 5.91 Å². The molecule has 0 saturated carbocycles. The number of hydrogen-bond donors (Lipinski definition) is 2. The summed E-state index contributed by atoms with van der Waals surface area (Å²) >= 11 is 0. The predicted molar refractivity (Wildman–Crippen MR) is 111 cm³/mol. The van der Waals surface area contributed by atoms with E-state index in [2.05, 4.69) is 10.6 Å². The maximum absolute atomic E-state index is 12.6. The topological polar surface area (TPSA) is 70.7 Å². The van der Waals surface area contributed by atoms with E-state index in [0.29, 0.717) is 18.7 Å². The lowest BCUT2D eigenvalue weighted by molar-refractivity contribution is -0.141. The fourth-order valence-corrected chi connectivity index (χ4v) is 3.41. The molecule has 2 aromatic carbocycles. The third-order valence-corrected chi connectivity index (χ3v) is 4.82. The number of carbonyl (C=O) groups is 2. The van der Waals surface area contributed by atoms with Gasteiger partial charge in [0.15, 0.2) is 0 Å². The van der Waals surface area contributed by atoms with Crippen LogP contribution in [-0.2, 0) is 9.53 Å². The van der Waals surface area contributed by atoms with Crippen molar-refractivity contribution in [2.45, 2.75) is 33.0 Å². The van der Waals surface area contributed by atoms with E-state index in [1.54, 1.807) is 12.1 Å². The number of morpholine rings is 1. The summed E-state index contributed by atoms with van der Waals surface area (Å²) in [5.41, 5.74) is 3.04. The quantitative estimate of drug-likeness (QED) is 0.834. The molecule has 0 aromatic heterocycles. The molecule has 2 unspecified atom stereocenters. The Balaban J connectivity index is 1.63. The van der Waals surface area contributed by atoms with Gasteiger partial charge in [0.1, 0.15) is 0 Å². The smallest absolute Gasteiger partial charge is 0.255 e. The van der Waals surface area contributed by atoms with E-state index < -0.39 is 0 Å². The molecule has 2 aromatic rings. The molecule has 2 N–H and O–H groups in total. The fourth-order valence-electron chi connectivity index (χ4n) is 3.41. The summed E-state index contributed by atoms with van der Waals surface area (Å²) in [6.45, 7) is 7.30. The second-order valence-corrected chi connectivity index (χ2v) is 7.21. The van der Waals surface area contributed by atoms with Crippen LogP contribution in [-0.4, -0.2) is 48.6 Å². The summed E-state index contributed by atoms with van der Waals surface area (Å²) in [5.74, 6) is -0.117. The summed E-state index contributed by atoms with van der Waals surface area (Å²) in [5, 5.41) is 6.15. The van der Waals surface area contributed by atoms with Gasteiger partial charge in [0.05, 0.1) is 18.8 Å². The van der Waals surface area contributed by atoms with Crippen molar-refractivity contribution in [3.63, 3.8) is 0 Å². The summed E-state index contributed by atoms with van der Waals surface area (Å²) in [6.07, 6.45) is 0.0944. The molecule has 1 fully saturated rings. The van der Waals surface area contributed by atoms with Gasteiger partial charge >= 0.3 is 0 Å². The molecule has 3 rings (SSSR count). The van der Waals surface area contributed by atoms with Crippen molar-refractivity contribution in [2.24, 2.45) is 0 Å². The first-order valence-electron chi connectivity index (χ1n) is 9.57. The average Bonchev–Trinajstić information content (AvgIpc) is 2.68. The molecule has 2 amide bonds. The van der Waals surface area contributed by atoms with E-state index >= 15 is 0 Å². The van der Waals surface area contributed by atoms with E-state index in [1.165, 1.54) is 0 Å². The van der Waals surface area contributed by atoms with Gasteiger partial charge in [-0.3, -0.25) is 9.59 Å². The average molecular weight is 381 g/mol. The van der Waals surface area contributed by atoms with Crippen LogP contribution in [0.4, 0.5) is 11.4 Å². The van der Waals surface area contributed by atoms with Crippen LogP contribution < -0.4 is 10.6 Å². The maximum Gasteiger partial charge on any atom is 0.255 e. The first kappa shape index (κ1) is 19.9. The number of carbonyl (C=O) groups excluding carboxylic acids is 2. The largest absolute Gasteiger partial charge is 0.376 e. The SMILES string of the molecule is Cc1c(NCC(=O)N2CC(C)OC(C)C2)cccc1NC(=O)c1ccccc1. The highest BCUT2D eigenvalue weighted by atomic mass is 16.5. The van der Waals surface area contributed by atoms with Crippen molar-refractivity contribution in [2.75, 3.05) is 30.3 Å². The van der Waals surface area contributed by atoms with Crippen LogP contribution in [0.2, 0.25) is 0 Å². The highest BCUT2D eigenvalue weighted by Crippen LogP contribution is 2.24. The van der Waals surface area contributed by atoms with Gasteiger partial charge in [-0.2, -0.15) is 0 Å². The Morgan fingerprint density at radius 3 is 2.32 bits per heavy atom. The summed E-state index contributed by atoms with van der Waals surface area (Å²) in [4.78, 5) is 26.8. The van der Waals surface area contributed by atoms with Crippen LogP contribution in [0.25, 0.3) is 0 Å². The second-order valence-electron chi connectivity index (χ2n) is 7.21. The molecular weight excluding hydrogens is 354 g/mol. The minimum atomic E-state index is -0.159. The zero-order chi connectivity index (χ0) is 20.1. The molecule has 6 heteroatoms. The van der Waals surface area contributed by atoms with Crippen molar-refractivity contribution in [1.82, 2.24) is 4.90 Å². The zero-order valence-corrected chi connectivity index (χ0v) is 16.6. The van der Waals surface area contributed by atoms with Gasteiger partial charge in [0, 0.05) is 30.0 Å². The van der Waals surface area contributed by atoms with Crippen molar-refractivity contribution in [1.29, 1.82) is 0 Å². The number of rotatable bonds is 5. The molecule has 0 bridgehead atoms. The molecule has 2 atom stereocenters. The highest BCUT2D eigenvalue weighted by Gasteiger charge is 2.25. The maximum atomic E-state index is 12.6. The number of benzene rings is 2. The molecule has 148 valence electrons. The molecule has 0 spiro atoms. The van der Waals surface area contributed by atoms with Gasteiger partial charge in [-0.1, -0.05) is 24.3 Å². The van der Waals surface area contributed by atoms with E-state index in [9.17, 15) is 9.59 Å². The Hall–Kier alpha value is -2.86. The molecule has 1 aliphatic rings. The number of nitrogens with one attached hydrogen (secondary N) is 2. The molecule has 1 heterocycles. The molecule has 6 nitrogen and oxygen atoms in total. The Labute approximate surface area is 165 Å². The van der Waals surface area contributed by atoms with Gasteiger partial charge in [-0.05, 0) is 50.6 Å². The van der Waals surface area contributed by atoms with E-state index in [4.69, 9.17) is 4.74 Å². The summed E-state index contributed by atoms with van der Waals surface area (Å²) in [7, 11) is 0. The van der Waals surface area contributed by atoms with Crippen LogP contribution in [0.15, 0.2) is 48.5 Å². The Morgan fingerprint density at radius 2 is 1.64 bits per heavy atom. The second kappa shape index (κ2) is 8.89. The summed E-state index contributed by atoms with van der Waals surface area (Å²) in [6, 6.07) is 14.7. The Morgan fingerprint density at radius 1 is 1.00 bits per heavy atom. The molecule has 0 aliphatic carbocycles. The standard InChI is InChI=1S/C22H27N3O3/c1-15-13-25(14-16(2)28-15)21(26)12-23-19-10-7-11-20(17(19)3)24-22(27)18-8-5-4-6-9-18/h4-11,15-16,23H,12-14H2,1-3H3,(H,24,27). The van der Waals surface area contributed by atoms with Gasteiger partial charge in [-0.25, -0.2) is 0 Å². The van der Waals surface area contributed by atoms with Gasteiger partial charge in [-0.15, -0.1) is 0 Å². The normalized spacial score (nSPS) is 19.2. The van der Waals surface area contributed by atoms with Crippen molar-refractivity contribution >= 4 is 23.2 Å². The van der Waals surface area contributed by atoms with Crippen LogP contribution in [0, 0.1) is 6.92 Å². The lowest BCUT2D eigenvalue weighted by atomic mass is 10.1. The number of ether oxygens (including phenoxy) is 1. The van der Waals surface area contributed by atoms with Gasteiger partial charge in [0.2, 0.25) is 5.91 Å². The van der Waals surface area contributed by atoms with Crippen LogP contribution in [0.1, 0.15) is 29.8 Å². The third-order valence-electron chi connectivity index (χ3n) is 4.82. The van der Waals surface area contributed by atoms with Crippen LogP contribution in [0.3, 0.4) is 0 Å². The Kier molecular flexibility index (Phi) is 6.31. The molecule has 1 aliphatic heterocycles. The number of nitrogens with zero attached hydrogens (tertiary/aromatic N) is 1. The minimum absolute atomic E-state index is 0.0418. The first-order chi connectivity index (χ1) is 13.4. The van der Waals surface area contributed by atoms with Crippen molar-refractivity contribution < 1.29 is 14.3 Å². The monoisotopic (exact) mass is 381 g/mol. The molecule has 1 saturated heterocycles. The lowest BCUT2D eigenvalue weighted by Gasteiger charge is -2.35. The van der Waals surface area contributed by atoms with E-state index in [-0.39, 0.29) is 30.6 Å². The number of hydrogen-bond acceptors (Lipinski definition) is 4. The first-order valence-corrected chi connectivity index (χ1v) is 9.57. The molecular formula is C22H27N3O3. The predicted octanol–water partition coefficient (Wildman–Crippen LogP) is 3.30. The lowest BCUT2D eigenvalue weighted by Crippen LogP contribution is -2.49. The van der Waals surface area contributed by atoms with Crippen molar-refractivity contribution in [3.05, 3.63) is 59.7 Å². The molecule has 28 heavy (non-hydrogen) atoms. The van der Waals surface area contributed by atoms with E-state index in [0.717, 1.165) is 16.9 Å². The minimum Gasteiger partial charge on any atom is -0.376 e. The third kappa shape index (κ3) is 4.89. The summed E-state index contributed by atoms with van der Waals surface area (Å²) < 4.78 is 5.68. The van der Waals surface area contributed by atoms with Crippen molar-refractivity contribution in [3.8, 4) is 0 Å². The number of amides is 2. The van der Waals surface area contributed by atoms with Gasteiger partial charge < -0.3 is 20.3 Å². The van der Waals surface area contributed by atoms with Crippen LogP contribution in [0.5, 0.6) is 0 Å².